The minimum absolute atomic E-state index is 0.105. The Labute approximate surface area is 230 Å². The Hall–Kier alpha value is -3.45. The van der Waals surface area contributed by atoms with E-state index in [1.807, 2.05) is 27.7 Å². The first-order valence-corrected chi connectivity index (χ1v) is 13.7. The number of carboxylic acid groups (broad SMARTS) is 1. The molecular formula is C28H32BFN4O6. The average molecular weight is 550 g/mol. The number of rotatable bonds is 9. The Morgan fingerprint density at radius 2 is 1.98 bits per heavy atom. The molecule has 0 amide bonds. The summed E-state index contributed by atoms with van der Waals surface area (Å²) in [6.07, 6.45) is 3.66. The van der Waals surface area contributed by atoms with Crippen molar-refractivity contribution in [3.63, 3.8) is 0 Å². The van der Waals surface area contributed by atoms with Gasteiger partial charge in [-0.25, -0.2) is 9.18 Å². The van der Waals surface area contributed by atoms with Crippen LogP contribution in [0.25, 0.3) is 10.9 Å². The third kappa shape index (κ3) is 4.96. The highest BCUT2D eigenvalue weighted by molar-refractivity contribution is 6.62. The summed E-state index contributed by atoms with van der Waals surface area (Å²) < 4.78 is 28.6. The zero-order chi connectivity index (χ0) is 28.0. The maximum Gasteiger partial charge on any atom is 0.495 e. The summed E-state index contributed by atoms with van der Waals surface area (Å²) in [6.45, 7) is 4.32. The van der Waals surface area contributed by atoms with Gasteiger partial charge in [-0.1, -0.05) is 12.1 Å². The van der Waals surface area contributed by atoms with Crippen LogP contribution in [0.1, 0.15) is 47.3 Å². The average Bonchev–Trinajstić information content (AvgIpc) is 3.74. The van der Waals surface area contributed by atoms with Gasteiger partial charge >= 0.3 is 13.1 Å². The number of nitrogens with two attached hydrogens (primary N) is 1. The molecule has 210 valence electrons. The predicted molar refractivity (Wildman–Crippen MR) is 149 cm³/mol. The highest BCUT2D eigenvalue weighted by Crippen LogP contribution is 2.38. The molecule has 1 aliphatic carbocycles. The number of nitrogens with zero attached hydrogens (tertiary/aromatic N) is 3. The van der Waals surface area contributed by atoms with Crippen LogP contribution in [0.3, 0.4) is 0 Å². The van der Waals surface area contributed by atoms with E-state index in [1.54, 1.807) is 6.07 Å². The van der Waals surface area contributed by atoms with E-state index < -0.39 is 24.3 Å². The first-order chi connectivity index (χ1) is 19.4. The molecule has 1 aromatic heterocycles. The monoisotopic (exact) mass is 550 g/mol. The molecule has 6 rings (SSSR count). The van der Waals surface area contributed by atoms with Crippen molar-refractivity contribution >= 4 is 35.1 Å². The van der Waals surface area contributed by atoms with E-state index >= 15 is 4.39 Å². The van der Waals surface area contributed by atoms with Crippen LogP contribution in [0.4, 0.5) is 10.1 Å². The van der Waals surface area contributed by atoms with Gasteiger partial charge in [0.25, 0.3) is 0 Å². The molecule has 10 nitrogen and oxygen atoms in total. The van der Waals surface area contributed by atoms with Crippen molar-refractivity contribution in [2.24, 2.45) is 5.73 Å². The maximum absolute atomic E-state index is 15.2. The normalized spacial score (nSPS) is 19.3. The van der Waals surface area contributed by atoms with Crippen LogP contribution in [0.15, 0.2) is 41.3 Å². The lowest BCUT2D eigenvalue weighted by atomic mass is 9.78. The minimum Gasteiger partial charge on any atom is -0.494 e. The summed E-state index contributed by atoms with van der Waals surface area (Å²) in [6, 6.07) is 8.62. The van der Waals surface area contributed by atoms with Gasteiger partial charge in [-0.3, -0.25) is 9.69 Å². The maximum atomic E-state index is 15.2. The van der Waals surface area contributed by atoms with Gasteiger partial charge in [0.05, 0.1) is 23.9 Å². The molecule has 1 saturated carbocycles. The Morgan fingerprint density at radius 1 is 1.20 bits per heavy atom. The number of hydrogen-bond donors (Lipinski definition) is 3. The molecule has 2 fully saturated rings. The van der Waals surface area contributed by atoms with Crippen molar-refractivity contribution in [2.75, 3.05) is 50.8 Å². The third-order valence-corrected chi connectivity index (χ3v) is 8.06. The van der Waals surface area contributed by atoms with Gasteiger partial charge in [-0.05, 0) is 43.0 Å². The van der Waals surface area contributed by atoms with Gasteiger partial charge in [0.15, 0.2) is 0 Å². The second-order valence-electron chi connectivity index (χ2n) is 10.6. The number of benzene rings is 2. The molecule has 0 bridgehead atoms. The van der Waals surface area contributed by atoms with Gasteiger partial charge in [-0.15, -0.1) is 0 Å². The Kier molecular flexibility index (Phi) is 7.26. The molecule has 3 aromatic rings. The molecule has 1 saturated heterocycles. The fourth-order valence-electron chi connectivity index (χ4n) is 5.80. The van der Waals surface area contributed by atoms with Gasteiger partial charge < -0.3 is 34.7 Å². The van der Waals surface area contributed by atoms with Crippen molar-refractivity contribution in [1.82, 2.24) is 9.47 Å². The second-order valence-corrected chi connectivity index (χ2v) is 10.6. The van der Waals surface area contributed by atoms with Crippen molar-refractivity contribution in [3.8, 4) is 5.75 Å². The highest BCUT2D eigenvalue weighted by Gasteiger charge is 2.37. The third-order valence-electron chi connectivity index (χ3n) is 8.06. The highest BCUT2D eigenvalue weighted by atomic mass is 19.1. The summed E-state index contributed by atoms with van der Waals surface area (Å²) >= 11 is 0. The second kappa shape index (κ2) is 10.8. The number of carboxylic acids is 1. The number of anilines is 1. The van der Waals surface area contributed by atoms with Crippen molar-refractivity contribution in [2.45, 2.75) is 31.4 Å². The fraction of sp³-hybridized carbons (Fsp3) is 0.429. The minimum atomic E-state index is -1.30. The molecule has 0 spiro atoms. The van der Waals surface area contributed by atoms with Crippen LogP contribution >= 0.6 is 0 Å². The van der Waals surface area contributed by atoms with Crippen LogP contribution < -0.4 is 26.3 Å². The zero-order valence-corrected chi connectivity index (χ0v) is 22.1. The summed E-state index contributed by atoms with van der Waals surface area (Å²) in [7, 11) is -1.04. The first-order valence-electron chi connectivity index (χ1n) is 13.7. The van der Waals surface area contributed by atoms with E-state index in [1.165, 1.54) is 12.3 Å². The number of hydrogen-bond acceptors (Lipinski definition) is 8. The van der Waals surface area contributed by atoms with Crippen molar-refractivity contribution in [1.29, 1.82) is 0 Å². The molecular weight excluding hydrogens is 518 g/mol. The van der Waals surface area contributed by atoms with E-state index in [0.717, 1.165) is 44.5 Å². The largest absolute Gasteiger partial charge is 0.495 e. The Morgan fingerprint density at radius 3 is 2.67 bits per heavy atom. The lowest BCUT2D eigenvalue weighted by Gasteiger charge is -2.36. The summed E-state index contributed by atoms with van der Waals surface area (Å²) in [4.78, 5) is 28.6. The summed E-state index contributed by atoms with van der Waals surface area (Å²) in [5, 5.41) is 19.8. The predicted octanol–water partition coefficient (Wildman–Crippen LogP) is 1.48. The summed E-state index contributed by atoms with van der Waals surface area (Å²) in [5.41, 5.74) is 7.29. The van der Waals surface area contributed by atoms with Gasteiger partial charge in [0.1, 0.15) is 17.1 Å². The number of aromatic nitrogens is 1. The van der Waals surface area contributed by atoms with E-state index in [4.69, 9.17) is 15.1 Å². The van der Waals surface area contributed by atoms with Gasteiger partial charge in [-0.2, -0.15) is 0 Å². The number of aromatic carboxylic acids is 1. The quantitative estimate of drug-likeness (QED) is 0.268. The molecule has 0 radical (unpaired) electrons. The molecule has 2 aliphatic heterocycles. The van der Waals surface area contributed by atoms with Crippen molar-refractivity contribution in [3.05, 3.63) is 63.7 Å². The van der Waals surface area contributed by atoms with Crippen LogP contribution in [0.5, 0.6) is 5.75 Å². The molecule has 40 heavy (non-hydrogen) atoms. The van der Waals surface area contributed by atoms with Crippen LogP contribution in [0.2, 0.25) is 0 Å². The molecule has 1 atom stereocenters. The van der Waals surface area contributed by atoms with Crippen molar-refractivity contribution < 1.29 is 28.7 Å². The summed E-state index contributed by atoms with van der Waals surface area (Å²) in [5.74, 6) is -1.21. The van der Waals surface area contributed by atoms with E-state index in [9.17, 15) is 19.7 Å². The van der Waals surface area contributed by atoms with Crippen LogP contribution in [0, 0.1) is 5.82 Å². The molecule has 2 aromatic carbocycles. The molecule has 3 aliphatic rings. The topological polar surface area (TPSA) is 130 Å². The van der Waals surface area contributed by atoms with Gasteiger partial charge in [0, 0.05) is 62.4 Å². The lowest BCUT2D eigenvalue weighted by molar-refractivity contribution is 0.0694. The number of pyridine rings is 1. The molecule has 3 heterocycles. The standard InChI is InChI=1S/C28H32BFN4O6/c30-21-13-19-22(34(17-5-6-17)16-20(27(19)35)28(36)37)14-23(21)33-10-8-32(9-11-33)7-2-12-39-24-4-1-3-18-25(15-31)40-29(38)26(18)24/h1,3-4,13-14,16-17,25,38H,2,5-12,15,31H2,(H,36,37)/t25-/m1/s1. The van der Waals surface area contributed by atoms with E-state index in [-0.39, 0.29) is 29.6 Å². The SMILES string of the molecule is NC[C@H]1OB(O)c2c(OCCCN3CCN(c4cc5c(cc4F)c(=O)c(C(=O)O)cn5C4CC4)CC3)cccc21. The number of piperazine rings is 1. The lowest BCUT2D eigenvalue weighted by Crippen LogP contribution is -2.47. The molecule has 4 N–H and O–H groups in total. The van der Waals surface area contributed by atoms with E-state index in [0.29, 0.717) is 42.1 Å². The zero-order valence-electron chi connectivity index (χ0n) is 22.1. The first kappa shape index (κ1) is 26.8. The number of fused-ring (bicyclic) bond motifs is 2. The van der Waals surface area contributed by atoms with E-state index in [2.05, 4.69) is 4.90 Å². The number of carbonyl (C=O) groups is 1. The Bertz CT molecular complexity index is 1500. The van der Waals surface area contributed by atoms with Crippen LogP contribution in [-0.2, 0) is 4.65 Å². The fourth-order valence-corrected chi connectivity index (χ4v) is 5.80. The molecule has 12 heteroatoms. The smallest absolute Gasteiger partial charge is 0.494 e. The van der Waals surface area contributed by atoms with Crippen LogP contribution in [-0.4, -0.2) is 78.6 Å². The van der Waals surface area contributed by atoms with Gasteiger partial charge in [0.2, 0.25) is 5.43 Å². The molecule has 0 unspecified atom stereocenters. The number of halogens is 1. The number of ether oxygens (including phenoxy) is 1. The Balaban J connectivity index is 1.08.